The highest BCUT2D eigenvalue weighted by molar-refractivity contribution is 9.10. The van der Waals surface area contributed by atoms with Crippen molar-refractivity contribution in [3.05, 3.63) is 28.5 Å². The molecule has 0 saturated heterocycles. The maximum atomic E-state index is 12.8. The molecule has 0 aromatic heterocycles. The van der Waals surface area contributed by atoms with Gasteiger partial charge in [-0.15, -0.1) is 0 Å². The van der Waals surface area contributed by atoms with Crippen LogP contribution in [0.3, 0.4) is 0 Å². The van der Waals surface area contributed by atoms with E-state index in [-0.39, 0.29) is 18.1 Å². The minimum Gasteiger partial charge on any atom is -0.491 e. The molecule has 0 amide bonds. The van der Waals surface area contributed by atoms with Crippen LogP contribution in [0.25, 0.3) is 0 Å². The molecule has 0 aliphatic rings. The number of rotatable bonds is 4. The van der Waals surface area contributed by atoms with Gasteiger partial charge in [-0.3, -0.25) is 0 Å². The molecule has 0 saturated carbocycles. The topological polar surface area (TPSA) is 69.4 Å². The molecule has 0 bridgehead atoms. The zero-order chi connectivity index (χ0) is 11.5. The van der Waals surface area contributed by atoms with Crippen molar-refractivity contribution in [3.8, 4) is 5.75 Å². The molecule has 1 aromatic carbocycles. The number of hydrogen-bond donors (Lipinski definition) is 1. The lowest BCUT2D eigenvalue weighted by atomic mass is 10.3. The van der Waals surface area contributed by atoms with Crippen molar-refractivity contribution < 1.29 is 17.5 Å². The molecule has 0 fully saturated rings. The van der Waals surface area contributed by atoms with Crippen molar-refractivity contribution in [2.24, 2.45) is 5.14 Å². The summed E-state index contributed by atoms with van der Waals surface area (Å²) in [5, 5.41) is 4.77. The standard InChI is InChI=1S/C8H9BrFNO3S/c9-7-2-1-6(10)5-8(7)14-3-4-15(11,12)13/h1-2,5H,3-4H2,(H2,11,12,13). The molecule has 15 heavy (non-hydrogen) atoms. The molecule has 0 aliphatic heterocycles. The molecule has 1 aromatic rings. The van der Waals surface area contributed by atoms with Crippen molar-refractivity contribution in [1.82, 2.24) is 0 Å². The Bertz CT molecular complexity index is 449. The van der Waals surface area contributed by atoms with Crippen LogP contribution < -0.4 is 9.88 Å². The Labute approximate surface area is 95.4 Å². The van der Waals surface area contributed by atoms with Gasteiger partial charge in [0.1, 0.15) is 18.2 Å². The van der Waals surface area contributed by atoms with Gasteiger partial charge in [0, 0.05) is 6.07 Å². The summed E-state index contributed by atoms with van der Waals surface area (Å²) in [7, 11) is -3.55. The van der Waals surface area contributed by atoms with Crippen LogP contribution in [0.15, 0.2) is 22.7 Å². The zero-order valence-corrected chi connectivity index (χ0v) is 10.0. The second kappa shape index (κ2) is 4.91. The Morgan fingerprint density at radius 1 is 1.47 bits per heavy atom. The fourth-order valence-electron chi connectivity index (χ4n) is 0.856. The first kappa shape index (κ1) is 12.4. The average molecular weight is 298 g/mol. The predicted octanol–water partition coefficient (Wildman–Crippen LogP) is 1.26. The highest BCUT2D eigenvalue weighted by Gasteiger charge is 2.06. The molecule has 0 radical (unpaired) electrons. The SMILES string of the molecule is NS(=O)(=O)CCOc1cc(F)ccc1Br. The smallest absolute Gasteiger partial charge is 0.212 e. The maximum Gasteiger partial charge on any atom is 0.212 e. The number of primary sulfonamides is 1. The highest BCUT2D eigenvalue weighted by atomic mass is 79.9. The number of halogens is 2. The molecule has 84 valence electrons. The molecule has 4 nitrogen and oxygen atoms in total. The first-order valence-corrected chi connectivity index (χ1v) is 6.47. The normalized spacial score (nSPS) is 11.4. The van der Waals surface area contributed by atoms with Gasteiger partial charge >= 0.3 is 0 Å². The van der Waals surface area contributed by atoms with Gasteiger partial charge in [0.2, 0.25) is 10.0 Å². The van der Waals surface area contributed by atoms with Crippen LogP contribution >= 0.6 is 15.9 Å². The van der Waals surface area contributed by atoms with Crippen LogP contribution in [0.4, 0.5) is 4.39 Å². The largest absolute Gasteiger partial charge is 0.491 e. The van der Waals surface area contributed by atoms with E-state index in [1.54, 1.807) is 0 Å². The first-order valence-electron chi connectivity index (χ1n) is 3.97. The molecular weight excluding hydrogens is 289 g/mol. The minimum absolute atomic E-state index is 0.110. The maximum absolute atomic E-state index is 12.8. The second-order valence-electron chi connectivity index (χ2n) is 2.79. The van der Waals surface area contributed by atoms with Gasteiger partial charge < -0.3 is 4.74 Å². The molecule has 0 atom stereocenters. The van der Waals surface area contributed by atoms with Crippen LogP contribution in [0.5, 0.6) is 5.75 Å². The van der Waals surface area contributed by atoms with E-state index in [0.29, 0.717) is 4.47 Å². The third-order valence-corrected chi connectivity index (χ3v) is 2.91. The van der Waals surface area contributed by atoms with Gasteiger partial charge in [-0.2, -0.15) is 0 Å². The molecule has 1 rings (SSSR count). The van der Waals surface area contributed by atoms with Gasteiger partial charge in [-0.25, -0.2) is 17.9 Å². The summed E-state index contributed by atoms with van der Waals surface area (Å²) in [5.41, 5.74) is 0. The number of nitrogens with two attached hydrogens (primary N) is 1. The first-order chi connectivity index (χ1) is 6.88. The van der Waals surface area contributed by atoms with E-state index in [2.05, 4.69) is 15.9 Å². The second-order valence-corrected chi connectivity index (χ2v) is 5.38. The summed E-state index contributed by atoms with van der Waals surface area (Å²) < 4.78 is 39.5. The van der Waals surface area contributed by atoms with Gasteiger partial charge in [-0.1, -0.05) is 0 Å². The van der Waals surface area contributed by atoms with E-state index in [1.807, 2.05) is 0 Å². The summed E-state index contributed by atoms with van der Waals surface area (Å²) in [6.07, 6.45) is 0. The molecule has 2 N–H and O–H groups in total. The van der Waals surface area contributed by atoms with Crippen LogP contribution in [-0.4, -0.2) is 20.8 Å². The van der Waals surface area contributed by atoms with Crippen molar-refractivity contribution in [3.63, 3.8) is 0 Å². The van der Waals surface area contributed by atoms with Gasteiger partial charge in [0.05, 0.1) is 10.2 Å². The summed E-state index contributed by atoms with van der Waals surface area (Å²) in [5.74, 6) is -0.516. The Morgan fingerprint density at radius 2 is 2.13 bits per heavy atom. The van der Waals surface area contributed by atoms with E-state index >= 15 is 0 Å². The third-order valence-electron chi connectivity index (χ3n) is 1.52. The van der Waals surface area contributed by atoms with E-state index in [1.165, 1.54) is 12.1 Å². The van der Waals surface area contributed by atoms with Crippen molar-refractivity contribution >= 4 is 26.0 Å². The van der Waals surface area contributed by atoms with Gasteiger partial charge in [0.15, 0.2) is 0 Å². The quantitative estimate of drug-likeness (QED) is 0.909. The molecular formula is C8H9BrFNO3S. The fraction of sp³-hybridized carbons (Fsp3) is 0.250. The molecule has 0 spiro atoms. The predicted molar refractivity (Wildman–Crippen MR) is 57.6 cm³/mol. The average Bonchev–Trinajstić information content (AvgIpc) is 2.09. The monoisotopic (exact) mass is 297 g/mol. The van der Waals surface area contributed by atoms with Crippen LogP contribution in [-0.2, 0) is 10.0 Å². The summed E-state index contributed by atoms with van der Waals surface area (Å²) in [6.45, 7) is -0.110. The van der Waals surface area contributed by atoms with E-state index in [4.69, 9.17) is 9.88 Å². The van der Waals surface area contributed by atoms with Crippen molar-refractivity contribution in [2.75, 3.05) is 12.4 Å². The van der Waals surface area contributed by atoms with E-state index in [0.717, 1.165) is 6.07 Å². The van der Waals surface area contributed by atoms with E-state index < -0.39 is 15.8 Å². The fourth-order valence-corrected chi connectivity index (χ4v) is 1.53. The molecule has 0 unspecified atom stereocenters. The zero-order valence-electron chi connectivity index (χ0n) is 7.61. The lowest BCUT2D eigenvalue weighted by Gasteiger charge is -2.07. The Balaban J connectivity index is 2.61. The lowest BCUT2D eigenvalue weighted by molar-refractivity contribution is 0.337. The Kier molecular flexibility index (Phi) is 4.06. The number of ether oxygens (including phenoxy) is 1. The number of benzene rings is 1. The lowest BCUT2D eigenvalue weighted by Crippen LogP contribution is -2.21. The molecule has 0 heterocycles. The Morgan fingerprint density at radius 3 is 2.73 bits per heavy atom. The number of hydrogen-bond acceptors (Lipinski definition) is 3. The van der Waals surface area contributed by atoms with Gasteiger partial charge in [0.25, 0.3) is 0 Å². The molecule has 0 aliphatic carbocycles. The Hall–Kier alpha value is -0.660. The van der Waals surface area contributed by atoms with E-state index in [9.17, 15) is 12.8 Å². The summed E-state index contributed by atoms with van der Waals surface area (Å²) in [4.78, 5) is 0. The van der Waals surface area contributed by atoms with Gasteiger partial charge in [-0.05, 0) is 28.1 Å². The van der Waals surface area contributed by atoms with Crippen LogP contribution in [0.1, 0.15) is 0 Å². The minimum atomic E-state index is -3.55. The summed E-state index contributed by atoms with van der Waals surface area (Å²) in [6, 6.07) is 3.89. The van der Waals surface area contributed by atoms with Crippen molar-refractivity contribution in [2.45, 2.75) is 0 Å². The summed E-state index contributed by atoms with van der Waals surface area (Å²) >= 11 is 3.14. The third kappa shape index (κ3) is 4.59. The number of sulfonamides is 1. The molecule has 7 heteroatoms. The van der Waals surface area contributed by atoms with Crippen LogP contribution in [0, 0.1) is 5.82 Å². The highest BCUT2D eigenvalue weighted by Crippen LogP contribution is 2.25. The van der Waals surface area contributed by atoms with Crippen LogP contribution in [0.2, 0.25) is 0 Å². The van der Waals surface area contributed by atoms with Crippen molar-refractivity contribution in [1.29, 1.82) is 0 Å².